The van der Waals surface area contributed by atoms with Gasteiger partial charge in [-0.1, -0.05) is 48.5 Å². The van der Waals surface area contributed by atoms with Crippen LogP contribution in [0.3, 0.4) is 0 Å². The van der Waals surface area contributed by atoms with Gasteiger partial charge in [-0.2, -0.15) is 43.2 Å². The molecule has 4 aromatic carbocycles. The Hall–Kier alpha value is -4.04. The van der Waals surface area contributed by atoms with Crippen molar-refractivity contribution in [2.45, 2.75) is 44.1 Å². The van der Waals surface area contributed by atoms with Crippen LogP contribution in [0, 0.1) is 27.7 Å². The summed E-state index contributed by atoms with van der Waals surface area (Å²) in [5.74, 6) is -1.12. The van der Waals surface area contributed by atoms with Crippen molar-refractivity contribution in [2.75, 3.05) is 0 Å². The number of halogens is 6. The molecule has 0 spiro atoms. The van der Waals surface area contributed by atoms with E-state index in [2.05, 4.69) is 8.37 Å². The van der Waals surface area contributed by atoms with Crippen LogP contribution >= 0.6 is 0 Å². The molecule has 5 rings (SSSR count). The standard InChI is InChI=1S/C31H24F6O6S2/c1-17-13-21(42-44(38,39)30(32,33)34)14-18(2)27(17)29(25-11-7-5-9-23(25)24-10-6-8-12-26(24)29)28-19(3)15-22(16-20(28)4)43-45(40,41)31(35,36)37/h5-16H,1-4H3. The average Bonchev–Trinajstić information content (AvgIpc) is 3.17. The van der Waals surface area contributed by atoms with E-state index in [1.165, 1.54) is 24.3 Å². The first-order chi connectivity index (χ1) is 20.7. The Balaban J connectivity index is 1.85. The van der Waals surface area contributed by atoms with Gasteiger partial charge in [-0.25, -0.2) is 0 Å². The SMILES string of the molecule is Cc1cc(OS(=O)(=O)C(F)(F)F)cc(C)c1C1(c2c(C)cc(OS(=O)(=O)C(F)(F)F)cc2C)c2ccccc2-c2ccccc21. The maximum atomic E-state index is 13.1. The lowest BCUT2D eigenvalue weighted by atomic mass is 9.63. The zero-order valence-corrected chi connectivity index (χ0v) is 25.6. The average molecular weight is 671 g/mol. The van der Waals surface area contributed by atoms with Gasteiger partial charge in [-0.3, -0.25) is 0 Å². The molecule has 1 aliphatic carbocycles. The predicted molar refractivity (Wildman–Crippen MR) is 154 cm³/mol. The van der Waals surface area contributed by atoms with E-state index in [0.717, 1.165) is 22.3 Å². The molecule has 0 aliphatic heterocycles. The Morgan fingerprint density at radius 2 is 0.822 bits per heavy atom. The van der Waals surface area contributed by atoms with Crippen molar-refractivity contribution in [1.29, 1.82) is 0 Å². The normalized spacial score (nSPS) is 14.5. The third-order valence-corrected chi connectivity index (χ3v) is 9.65. The number of aryl methyl sites for hydroxylation is 4. The predicted octanol–water partition coefficient (Wildman–Crippen LogP) is 7.74. The highest BCUT2D eigenvalue weighted by Gasteiger charge is 2.51. The number of alkyl halides is 6. The van der Waals surface area contributed by atoms with Gasteiger partial charge >= 0.3 is 31.3 Å². The van der Waals surface area contributed by atoms with Crippen molar-refractivity contribution in [2.24, 2.45) is 0 Å². The Bertz CT molecular complexity index is 1870. The van der Waals surface area contributed by atoms with Crippen LogP contribution in [0.5, 0.6) is 11.5 Å². The second-order valence-corrected chi connectivity index (χ2v) is 13.7. The largest absolute Gasteiger partial charge is 0.534 e. The summed E-state index contributed by atoms with van der Waals surface area (Å²) in [6.07, 6.45) is 0. The van der Waals surface area contributed by atoms with Crippen molar-refractivity contribution in [1.82, 2.24) is 0 Å². The van der Waals surface area contributed by atoms with Gasteiger partial charge in [0.2, 0.25) is 0 Å². The molecule has 0 bridgehead atoms. The first-order valence-corrected chi connectivity index (χ1v) is 16.0. The van der Waals surface area contributed by atoms with Crippen LogP contribution in [0.15, 0.2) is 72.8 Å². The molecule has 6 nitrogen and oxygen atoms in total. The molecule has 0 aromatic heterocycles. The zero-order chi connectivity index (χ0) is 33.3. The van der Waals surface area contributed by atoms with Gasteiger partial charge in [0.25, 0.3) is 0 Å². The molecule has 238 valence electrons. The number of hydrogen-bond donors (Lipinski definition) is 0. The van der Waals surface area contributed by atoms with Crippen molar-refractivity contribution in [3.8, 4) is 22.6 Å². The third-order valence-electron chi connectivity index (χ3n) is 7.69. The van der Waals surface area contributed by atoms with E-state index in [1.807, 2.05) is 36.4 Å². The molecule has 0 radical (unpaired) electrons. The summed E-state index contributed by atoms with van der Waals surface area (Å²) in [5, 5.41) is 0. The summed E-state index contributed by atoms with van der Waals surface area (Å²) in [7, 11) is -11.9. The van der Waals surface area contributed by atoms with Gasteiger partial charge in [-0.05, 0) is 108 Å². The van der Waals surface area contributed by atoms with Crippen molar-refractivity contribution >= 4 is 20.2 Å². The molecule has 0 fully saturated rings. The summed E-state index contributed by atoms with van der Waals surface area (Å²) < 4.78 is 135. The molecule has 1 aliphatic rings. The first kappa shape index (κ1) is 32.4. The van der Waals surface area contributed by atoms with Crippen LogP contribution in [0.2, 0.25) is 0 Å². The summed E-state index contributed by atoms with van der Waals surface area (Å²) >= 11 is 0. The highest BCUT2D eigenvalue weighted by atomic mass is 32.2. The molecule has 0 heterocycles. The lowest BCUT2D eigenvalue weighted by molar-refractivity contribution is -0.0504. The lowest BCUT2D eigenvalue weighted by Crippen LogP contribution is -2.33. The molecule has 0 unspecified atom stereocenters. The van der Waals surface area contributed by atoms with Crippen LogP contribution in [-0.4, -0.2) is 27.9 Å². The van der Waals surface area contributed by atoms with Gasteiger partial charge in [0.15, 0.2) is 0 Å². The molecule has 45 heavy (non-hydrogen) atoms. The van der Waals surface area contributed by atoms with Gasteiger partial charge in [-0.15, -0.1) is 0 Å². The van der Waals surface area contributed by atoms with Crippen LogP contribution in [0.25, 0.3) is 11.1 Å². The molecule has 0 saturated carbocycles. The summed E-state index contributed by atoms with van der Waals surface area (Å²) in [6, 6.07) is 19.4. The molecule has 0 saturated heterocycles. The molecule has 14 heteroatoms. The fraction of sp³-hybridized carbons (Fsp3) is 0.226. The minimum absolute atomic E-state index is 0.354. The topological polar surface area (TPSA) is 86.7 Å². The highest BCUT2D eigenvalue weighted by Crippen LogP contribution is 2.59. The van der Waals surface area contributed by atoms with Crippen LogP contribution in [0.1, 0.15) is 44.5 Å². The zero-order valence-electron chi connectivity index (χ0n) is 24.0. The second-order valence-electron chi connectivity index (χ2n) is 10.7. The van der Waals surface area contributed by atoms with E-state index in [9.17, 15) is 43.2 Å². The molecule has 0 atom stereocenters. The Morgan fingerprint density at radius 1 is 0.533 bits per heavy atom. The number of hydrogen-bond acceptors (Lipinski definition) is 6. The van der Waals surface area contributed by atoms with Crippen molar-refractivity contribution in [3.63, 3.8) is 0 Å². The summed E-state index contributed by atoms with van der Waals surface area (Å²) in [6.45, 7) is 6.33. The molecular weight excluding hydrogens is 646 g/mol. The summed E-state index contributed by atoms with van der Waals surface area (Å²) in [4.78, 5) is 0. The quantitative estimate of drug-likeness (QED) is 0.104. The highest BCUT2D eigenvalue weighted by molar-refractivity contribution is 7.88. The summed E-state index contributed by atoms with van der Waals surface area (Å²) in [5.41, 5.74) is -6.94. The van der Waals surface area contributed by atoms with Crippen LogP contribution in [-0.2, 0) is 25.7 Å². The van der Waals surface area contributed by atoms with Gasteiger partial charge < -0.3 is 8.37 Å². The van der Waals surface area contributed by atoms with Crippen molar-refractivity contribution in [3.05, 3.63) is 117 Å². The molecular formula is C31H24F6O6S2. The van der Waals surface area contributed by atoms with Gasteiger partial charge in [0.1, 0.15) is 11.5 Å². The smallest absolute Gasteiger partial charge is 0.376 e. The Kier molecular flexibility index (Phi) is 7.56. The maximum Gasteiger partial charge on any atom is 0.534 e. The second kappa shape index (κ2) is 10.5. The fourth-order valence-corrected chi connectivity index (χ4v) is 7.26. The van der Waals surface area contributed by atoms with E-state index in [1.54, 1.807) is 39.8 Å². The van der Waals surface area contributed by atoms with Crippen molar-refractivity contribution < 1.29 is 51.5 Å². The van der Waals surface area contributed by atoms with Gasteiger partial charge in [0, 0.05) is 0 Å². The number of fused-ring (bicyclic) bond motifs is 3. The minimum atomic E-state index is -5.97. The minimum Gasteiger partial charge on any atom is -0.376 e. The monoisotopic (exact) mass is 670 g/mol. The molecule has 0 amide bonds. The maximum absolute atomic E-state index is 13.1. The Labute approximate surface area is 255 Å². The fourth-order valence-electron chi connectivity index (χ4n) is 6.37. The van der Waals surface area contributed by atoms with E-state index in [0.29, 0.717) is 33.4 Å². The van der Waals surface area contributed by atoms with E-state index >= 15 is 0 Å². The van der Waals surface area contributed by atoms with E-state index in [4.69, 9.17) is 0 Å². The van der Waals surface area contributed by atoms with Crippen LogP contribution in [0.4, 0.5) is 26.3 Å². The van der Waals surface area contributed by atoms with E-state index < -0.39 is 48.2 Å². The number of benzene rings is 4. The molecule has 4 aromatic rings. The first-order valence-electron chi connectivity index (χ1n) is 13.2. The molecule has 0 N–H and O–H groups in total. The van der Waals surface area contributed by atoms with Gasteiger partial charge in [0.05, 0.1) is 5.41 Å². The Morgan fingerprint density at radius 3 is 1.11 bits per heavy atom. The third kappa shape index (κ3) is 5.13. The lowest BCUT2D eigenvalue weighted by Gasteiger charge is -2.38. The number of rotatable bonds is 6. The van der Waals surface area contributed by atoms with Crippen LogP contribution < -0.4 is 8.37 Å². The van der Waals surface area contributed by atoms with E-state index in [-0.39, 0.29) is 0 Å².